The van der Waals surface area contributed by atoms with E-state index in [4.69, 9.17) is 10.5 Å². The molecule has 0 spiro atoms. The monoisotopic (exact) mass is 488 g/mol. The maximum atomic E-state index is 13.0. The fourth-order valence-corrected chi connectivity index (χ4v) is 5.31. The zero-order chi connectivity index (χ0) is 25.1. The normalized spacial score (nSPS) is 22.1. The third-order valence-corrected chi connectivity index (χ3v) is 7.33. The second-order valence-electron chi connectivity index (χ2n) is 9.76. The summed E-state index contributed by atoms with van der Waals surface area (Å²) in [4.78, 5) is 31.6. The first-order valence-corrected chi connectivity index (χ1v) is 12.6. The molecule has 0 bridgehead atoms. The van der Waals surface area contributed by atoms with Gasteiger partial charge in [-0.3, -0.25) is 19.8 Å². The van der Waals surface area contributed by atoms with E-state index in [-0.39, 0.29) is 30.5 Å². The quantitative estimate of drug-likeness (QED) is 0.388. The third kappa shape index (κ3) is 5.20. The summed E-state index contributed by atoms with van der Waals surface area (Å²) in [5, 5.41) is 12.3. The average Bonchev–Trinajstić information content (AvgIpc) is 3.26. The molecule has 2 unspecified atom stereocenters. The minimum Gasteiger partial charge on any atom is -0.489 e. The van der Waals surface area contributed by atoms with E-state index in [0.29, 0.717) is 26.0 Å². The SMILES string of the molecule is NC1CCC[C@@H](N(O)C(=O)CN2CCC(c3ccc(OCc4ccnc5ccccc45)cc3)C2=O)C1. The summed E-state index contributed by atoms with van der Waals surface area (Å²) in [5.41, 5.74) is 8.88. The van der Waals surface area contributed by atoms with E-state index < -0.39 is 5.91 Å². The van der Waals surface area contributed by atoms with Crippen LogP contribution >= 0.6 is 0 Å². The summed E-state index contributed by atoms with van der Waals surface area (Å²) in [6.07, 6.45) is 5.54. The molecule has 3 N–H and O–H groups in total. The Morgan fingerprint density at radius 2 is 1.92 bits per heavy atom. The van der Waals surface area contributed by atoms with E-state index in [1.807, 2.05) is 54.6 Å². The van der Waals surface area contributed by atoms with Crippen molar-refractivity contribution in [3.05, 3.63) is 71.9 Å². The predicted octanol–water partition coefficient (Wildman–Crippen LogP) is 3.62. The largest absolute Gasteiger partial charge is 0.489 e. The molecule has 1 saturated carbocycles. The Kier molecular flexibility index (Phi) is 7.16. The first-order valence-electron chi connectivity index (χ1n) is 12.6. The minimum absolute atomic E-state index is 0.00000262. The van der Waals surface area contributed by atoms with Crippen molar-refractivity contribution in [1.82, 2.24) is 14.9 Å². The van der Waals surface area contributed by atoms with Gasteiger partial charge in [0.1, 0.15) is 18.9 Å². The fourth-order valence-electron chi connectivity index (χ4n) is 5.31. The highest BCUT2D eigenvalue weighted by molar-refractivity contribution is 5.90. The van der Waals surface area contributed by atoms with Crippen molar-refractivity contribution >= 4 is 22.7 Å². The molecule has 188 valence electrons. The highest BCUT2D eigenvalue weighted by atomic mass is 16.5. The molecular formula is C28H32N4O4. The van der Waals surface area contributed by atoms with Crippen molar-refractivity contribution in [3.63, 3.8) is 0 Å². The van der Waals surface area contributed by atoms with Crippen LogP contribution in [0.1, 0.15) is 49.1 Å². The number of hydroxylamine groups is 2. The number of ether oxygens (including phenoxy) is 1. The van der Waals surface area contributed by atoms with Crippen LogP contribution in [0, 0.1) is 0 Å². The molecular weight excluding hydrogens is 456 g/mol. The number of amides is 2. The molecule has 2 fully saturated rings. The lowest BCUT2D eigenvalue weighted by atomic mass is 9.91. The highest BCUT2D eigenvalue weighted by Crippen LogP contribution is 2.30. The Morgan fingerprint density at radius 3 is 2.72 bits per heavy atom. The van der Waals surface area contributed by atoms with Crippen LogP contribution in [-0.4, -0.2) is 57.1 Å². The lowest BCUT2D eigenvalue weighted by Crippen LogP contribution is -2.47. The number of fused-ring (bicyclic) bond motifs is 1. The van der Waals surface area contributed by atoms with Gasteiger partial charge in [0, 0.05) is 29.7 Å². The molecule has 2 aliphatic rings. The number of carbonyl (C=O) groups is 2. The van der Waals surface area contributed by atoms with Crippen molar-refractivity contribution in [2.75, 3.05) is 13.1 Å². The molecule has 2 heterocycles. The molecule has 1 saturated heterocycles. The number of carbonyl (C=O) groups excluding carboxylic acids is 2. The van der Waals surface area contributed by atoms with Gasteiger partial charge in [0.05, 0.1) is 17.5 Å². The second-order valence-corrected chi connectivity index (χ2v) is 9.76. The summed E-state index contributed by atoms with van der Waals surface area (Å²) in [5.74, 6) is -0.116. The van der Waals surface area contributed by atoms with Crippen LogP contribution in [0.5, 0.6) is 5.75 Å². The molecule has 1 aliphatic heterocycles. The van der Waals surface area contributed by atoms with E-state index >= 15 is 0 Å². The zero-order valence-corrected chi connectivity index (χ0v) is 20.3. The van der Waals surface area contributed by atoms with Gasteiger partial charge in [-0.05, 0) is 61.9 Å². The van der Waals surface area contributed by atoms with E-state index in [1.165, 1.54) is 4.90 Å². The molecule has 1 aliphatic carbocycles. The van der Waals surface area contributed by atoms with E-state index in [9.17, 15) is 14.8 Å². The number of nitrogens with two attached hydrogens (primary N) is 1. The summed E-state index contributed by atoms with van der Waals surface area (Å²) >= 11 is 0. The Balaban J connectivity index is 1.17. The topological polar surface area (TPSA) is 109 Å². The van der Waals surface area contributed by atoms with Gasteiger partial charge >= 0.3 is 0 Å². The van der Waals surface area contributed by atoms with Crippen molar-refractivity contribution in [2.24, 2.45) is 5.73 Å². The number of pyridine rings is 1. The maximum Gasteiger partial charge on any atom is 0.265 e. The maximum absolute atomic E-state index is 13.0. The Bertz CT molecular complexity index is 1230. The van der Waals surface area contributed by atoms with Gasteiger partial charge in [0.2, 0.25) is 5.91 Å². The molecule has 8 heteroatoms. The molecule has 3 aromatic rings. The van der Waals surface area contributed by atoms with Gasteiger partial charge in [-0.2, -0.15) is 0 Å². The van der Waals surface area contributed by atoms with Crippen LogP contribution in [0.15, 0.2) is 60.8 Å². The van der Waals surface area contributed by atoms with Gasteiger partial charge in [0.25, 0.3) is 5.91 Å². The number of nitrogens with zero attached hydrogens (tertiary/aromatic N) is 3. The van der Waals surface area contributed by atoms with Crippen molar-refractivity contribution in [3.8, 4) is 5.75 Å². The van der Waals surface area contributed by atoms with Crippen molar-refractivity contribution in [1.29, 1.82) is 0 Å². The van der Waals surface area contributed by atoms with Crippen LogP contribution in [0.3, 0.4) is 0 Å². The Hall–Kier alpha value is -3.49. The van der Waals surface area contributed by atoms with Crippen LogP contribution in [0.4, 0.5) is 0 Å². The van der Waals surface area contributed by atoms with Gasteiger partial charge in [-0.25, -0.2) is 5.06 Å². The first-order chi connectivity index (χ1) is 17.5. The number of rotatable bonds is 7. The Morgan fingerprint density at radius 1 is 1.11 bits per heavy atom. The van der Waals surface area contributed by atoms with Gasteiger partial charge in [-0.1, -0.05) is 30.3 Å². The Labute approximate surface area is 210 Å². The molecule has 3 atom stereocenters. The first kappa shape index (κ1) is 24.2. The van der Waals surface area contributed by atoms with E-state index in [1.54, 1.807) is 6.20 Å². The summed E-state index contributed by atoms with van der Waals surface area (Å²) < 4.78 is 6.00. The number of benzene rings is 2. The summed E-state index contributed by atoms with van der Waals surface area (Å²) in [6, 6.07) is 17.2. The number of hydrogen-bond donors (Lipinski definition) is 2. The van der Waals surface area contributed by atoms with Crippen molar-refractivity contribution in [2.45, 2.75) is 56.7 Å². The standard InChI is InChI=1S/C28H32N4O4/c29-21-4-3-5-22(16-21)32(35)27(33)17-31-15-13-25(28(31)34)19-8-10-23(11-9-19)36-18-20-12-14-30-26-7-2-1-6-24(20)26/h1-2,6-12,14,21-22,25,35H,3-5,13,15-18,29H2/t21?,22-,25?/m1/s1. The highest BCUT2D eigenvalue weighted by Gasteiger charge is 2.36. The molecule has 0 radical (unpaired) electrons. The third-order valence-electron chi connectivity index (χ3n) is 7.33. The summed E-state index contributed by atoms with van der Waals surface area (Å²) in [6.45, 7) is 0.795. The second kappa shape index (κ2) is 10.6. The minimum atomic E-state index is -0.449. The number of aromatic nitrogens is 1. The van der Waals surface area contributed by atoms with Gasteiger partial charge in [0.15, 0.2) is 0 Å². The predicted molar refractivity (Wildman–Crippen MR) is 135 cm³/mol. The summed E-state index contributed by atoms with van der Waals surface area (Å²) in [7, 11) is 0. The lowest BCUT2D eigenvalue weighted by molar-refractivity contribution is -0.180. The fraction of sp³-hybridized carbons (Fsp3) is 0.393. The van der Waals surface area contributed by atoms with Gasteiger partial charge in [-0.15, -0.1) is 0 Å². The average molecular weight is 489 g/mol. The van der Waals surface area contributed by atoms with E-state index in [2.05, 4.69) is 4.98 Å². The zero-order valence-electron chi connectivity index (χ0n) is 20.3. The number of para-hydroxylation sites is 1. The number of likely N-dealkylation sites (tertiary alicyclic amines) is 1. The molecule has 8 nitrogen and oxygen atoms in total. The van der Waals surface area contributed by atoms with Crippen molar-refractivity contribution < 1.29 is 19.5 Å². The van der Waals surface area contributed by atoms with E-state index in [0.717, 1.165) is 52.1 Å². The van der Waals surface area contributed by atoms with Gasteiger partial charge < -0.3 is 15.4 Å². The van der Waals surface area contributed by atoms with Crippen LogP contribution in [0.2, 0.25) is 0 Å². The molecule has 5 rings (SSSR count). The molecule has 1 aromatic heterocycles. The van der Waals surface area contributed by atoms with Crippen LogP contribution in [-0.2, 0) is 16.2 Å². The smallest absolute Gasteiger partial charge is 0.265 e. The number of hydrogen-bond acceptors (Lipinski definition) is 6. The molecule has 36 heavy (non-hydrogen) atoms. The molecule has 2 amide bonds. The van der Waals surface area contributed by atoms with Crippen LogP contribution in [0.25, 0.3) is 10.9 Å². The lowest BCUT2D eigenvalue weighted by Gasteiger charge is -2.32. The van der Waals surface area contributed by atoms with Crippen LogP contribution < -0.4 is 10.5 Å². The molecule has 2 aromatic carbocycles.